The fraction of sp³-hybridized carbons (Fsp3) is 0.118. The number of anilines is 3. The van der Waals surface area contributed by atoms with Crippen molar-refractivity contribution in [2.24, 2.45) is 0 Å². The maximum absolute atomic E-state index is 5.88. The minimum absolute atomic E-state index is 0.407. The Hall–Kier alpha value is -2.86. The van der Waals surface area contributed by atoms with Crippen molar-refractivity contribution in [1.29, 1.82) is 0 Å². The summed E-state index contributed by atoms with van der Waals surface area (Å²) in [6.07, 6.45) is 1.58. The normalized spacial score (nSPS) is 10.2. The van der Waals surface area contributed by atoms with Gasteiger partial charge < -0.3 is 15.4 Å². The van der Waals surface area contributed by atoms with E-state index >= 15 is 0 Å². The average molecular weight is 342 g/mol. The third-order valence-electron chi connectivity index (χ3n) is 3.27. The fourth-order valence-electron chi connectivity index (χ4n) is 2.07. The first kappa shape index (κ1) is 16.0. The average Bonchev–Trinajstić information content (AvgIpc) is 2.62. The van der Waals surface area contributed by atoms with E-state index in [9.17, 15) is 0 Å². The number of nitrogens with zero attached hydrogens (tertiary/aromatic N) is 3. The van der Waals surface area contributed by atoms with Crippen LogP contribution in [-0.2, 0) is 6.54 Å². The van der Waals surface area contributed by atoms with E-state index in [1.165, 1.54) is 0 Å². The molecule has 0 unspecified atom stereocenters. The highest BCUT2D eigenvalue weighted by molar-refractivity contribution is 6.30. The molecule has 122 valence electrons. The van der Waals surface area contributed by atoms with Crippen LogP contribution in [0.1, 0.15) is 5.56 Å². The van der Waals surface area contributed by atoms with E-state index < -0.39 is 0 Å². The third-order valence-corrected chi connectivity index (χ3v) is 3.52. The summed E-state index contributed by atoms with van der Waals surface area (Å²) in [5.74, 6) is 1.79. The van der Waals surface area contributed by atoms with Gasteiger partial charge in [-0.3, -0.25) is 0 Å². The minimum Gasteiger partial charge on any atom is -0.497 e. The number of ether oxygens (including phenoxy) is 1. The number of hydrogen-bond donors (Lipinski definition) is 2. The second-order valence-corrected chi connectivity index (χ2v) is 5.44. The summed E-state index contributed by atoms with van der Waals surface area (Å²) in [6.45, 7) is 0.620. The molecule has 0 atom stereocenters. The van der Waals surface area contributed by atoms with E-state index in [1.54, 1.807) is 13.3 Å². The molecule has 2 aromatic carbocycles. The number of methoxy groups -OCH3 is 1. The Bertz CT molecular complexity index is 810. The summed E-state index contributed by atoms with van der Waals surface area (Å²) in [4.78, 5) is 4.39. The lowest BCUT2D eigenvalue weighted by molar-refractivity contribution is 0.415. The molecular formula is C17H16ClN5O. The van der Waals surface area contributed by atoms with Crippen LogP contribution in [0.2, 0.25) is 5.02 Å². The maximum atomic E-state index is 5.88. The summed E-state index contributed by atoms with van der Waals surface area (Å²) >= 11 is 5.88. The molecule has 0 saturated carbocycles. The van der Waals surface area contributed by atoms with Crippen LogP contribution < -0.4 is 15.4 Å². The van der Waals surface area contributed by atoms with Gasteiger partial charge in [-0.05, 0) is 29.8 Å². The molecule has 1 aromatic heterocycles. The highest BCUT2D eigenvalue weighted by Gasteiger charge is 2.03. The Morgan fingerprint density at radius 1 is 1.12 bits per heavy atom. The van der Waals surface area contributed by atoms with Gasteiger partial charge >= 0.3 is 0 Å². The van der Waals surface area contributed by atoms with Crippen molar-refractivity contribution in [2.75, 3.05) is 17.7 Å². The van der Waals surface area contributed by atoms with Gasteiger partial charge in [-0.25, -0.2) is 0 Å². The van der Waals surface area contributed by atoms with Crippen molar-refractivity contribution in [3.05, 3.63) is 65.3 Å². The van der Waals surface area contributed by atoms with Crippen LogP contribution in [0.25, 0.3) is 0 Å². The first-order valence-corrected chi connectivity index (χ1v) is 7.70. The largest absolute Gasteiger partial charge is 0.497 e. The Kier molecular flexibility index (Phi) is 5.08. The molecule has 3 aromatic rings. The van der Waals surface area contributed by atoms with E-state index in [1.807, 2.05) is 48.5 Å². The van der Waals surface area contributed by atoms with Crippen LogP contribution in [0.3, 0.4) is 0 Å². The van der Waals surface area contributed by atoms with Gasteiger partial charge in [0.15, 0.2) is 5.82 Å². The molecule has 0 saturated heterocycles. The fourth-order valence-corrected chi connectivity index (χ4v) is 2.19. The van der Waals surface area contributed by atoms with Gasteiger partial charge in [0.05, 0.1) is 13.3 Å². The topological polar surface area (TPSA) is 72.0 Å². The van der Waals surface area contributed by atoms with Crippen LogP contribution in [0.5, 0.6) is 5.75 Å². The molecule has 0 aliphatic heterocycles. The molecule has 2 N–H and O–H groups in total. The Morgan fingerprint density at radius 2 is 1.96 bits per heavy atom. The number of benzene rings is 2. The number of halogens is 1. The van der Waals surface area contributed by atoms with E-state index in [0.29, 0.717) is 23.3 Å². The highest BCUT2D eigenvalue weighted by Crippen LogP contribution is 2.19. The minimum atomic E-state index is 0.407. The van der Waals surface area contributed by atoms with Gasteiger partial charge in [0.25, 0.3) is 0 Å². The Balaban J connectivity index is 1.66. The second kappa shape index (κ2) is 7.61. The van der Waals surface area contributed by atoms with Crippen molar-refractivity contribution in [3.8, 4) is 5.75 Å². The molecule has 0 amide bonds. The first-order valence-electron chi connectivity index (χ1n) is 7.32. The standard InChI is InChI=1S/C17H16ClN5O/c1-24-15-4-2-3-14(9-15)21-17-22-16(11-20-23-17)19-10-12-5-7-13(18)8-6-12/h2-9,11H,10H2,1H3,(H2,19,21,22,23). The summed E-state index contributed by atoms with van der Waals surface area (Å²) in [7, 11) is 1.62. The third kappa shape index (κ3) is 4.33. The molecule has 3 rings (SSSR count). The molecule has 0 spiro atoms. The number of aromatic nitrogens is 3. The van der Waals surface area contributed by atoms with E-state index in [2.05, 4.69) is 25.8 Å². The van der Waals surface area contributed by atoms with Gasteiger partial charge in [-0.2, -0.15) is 10.1 Å². The van der Waals surface area contributed by atoms with Crippen molar-refractivity contribution in [1.82, 2.24) is 15.2 Å². The second-order valence-electron chi connectivity index (χ2n) is 5.00. The highest BCUT2D eigenvalue weighted by atomic mass is 35.5. The quantitative estimate of drug-likeness (QED) is 0.708. The van der Waals surface area contributed by atoms with Crippen molar-refractivity contribution >= 4 is 29.1 Å². The molecular weight excluding hydrogens is 326 g/mol. The maximum Gasteiger partial charge on any atom is 0.249 e. The van der Waals surface area contributed by atoms with E-state index in [-0.39, 0.29) is 0 Å². The molecule has 6 nitrogen and oxygen atoms in total. The van der Waals surface area contributed by atoms with Crippen LogP contribution in [0, 0.1) is 0 Å². The lowest BCUT2D eigenvalue weighted by Crippen LogP contribution is -2.05. The summed E-state index contributed by atoms with van der Waals surface area (Å²) in [6, 6.07) is 15.1. The van der Waals surface area contributed by atoms with Gasteiger partial charge in [-0.15, -0.1) is 5.10 Å². The zero-order valence-electron chi connectivity index (χ0n) is 13.0. The van der Waals surface area contributed by atoms with E-state index in [0.717, 1.165) is 17.0 Å². The van der Waals surface area contributed by atoms with Crippen molar-refractivity contribution < 1.29 is 4.74 Å². The molecule has 0 fully saturated rings. The molecule has 1 heterocycles. The van der Waals surface area contributed by atoms with Gasteiger partial charge in [-0.1, -0.05) is 29.8 Å². The SMILES string of the molecule is COc1cccc(Nc2nncc(NCc3ccc(Cl)cc3)n2)c1. The smallest absolute Gasteiger partial charge is 0.249 e. The zero-order chi connectivity index (χ0) is 16.8. The molecule has 0 aliphatic carbocycles. The van der Waals surface area contributed by atoms with E-state index in [4.69, 9.17) is 16.3 Å². The Morgan fingerprint density at radius 3 is 2.75 bits per heavy atom. The molecule has 0 bridgehead atoms. The number of nitrogens with one attached hydrogen (secondary N) is 2. The van der Waals surface area contributed by atoms with Crippen LogP contribution in [-0.4, -0.2) is 22.3 Å². The molecule has 0 aliphatic rings. The Labute approximate surface area is 144 Å². The van der Waals surface area contributed by atoms with Gasteiger partial charge in [0, 0.05) is 23.3 Å². The molecule has 0 radical (unpaired) electrons. The van der Waals surface area contributed by atoms with Crippen molar-refractivity contribution in [2.45, 2.75) is 6.54 Å². The van der Waals surface area contributed by atoms with Crippen LogP contribution >= 0.6 is 11.6 Å². The van der Waals surface area contributed by atoms with Crippen molar-refractivity contribution in [3.63, 3.8) is 0 Å². The predicted octanol–water partition coefficient (Wildman–Crippen LogP) is 3.89. The molecule has 24 heavy (non-hydrogen) atoms. The van der Waals surface area contributed by atoms with Crippen LogP contribution in [0.4, 0.5) is 17.5 Å². The summed E-state index contributed by atoms with van der Waals surface area (Å²) in [5, 5.41) is 15.0. The lowest BCUT2D eigenvalue weighted by Gasteiger charge is -2.08. The monoisotopic (exact) mass is 341 g/mol. The predicted molar refractivity (Wildman–Crippen MR) is 94.9 cm³/mol. The van der Waals surface area contributed by atoms with Crippen LogP contribution in [0.15, 0.2) is 54.7 Å². The summed E-state index contributed by atoms with van der Waals surface area (Å²) < 4.78 is 5.19. The van der Waals surface area contributed by atoms with Gasteiger partial charge in [0.1, 0.15) is 5.75 Å². The number of rotatable bonds is 6. The summed E-state index contributed by atoms with van der Waals surface area (Å²) in [5.41, 5.74) is 1.92. The zero-order valence-corrected chi connectivity index (χ0v) is 13.8. The lowest BCUT2D eigenvalue weighted by atomic mass is 10.2. The molecule has 7 heteroatoms. The first-order chi connectivity index (χ1) is 11.7. The van der Waals surface area contributed by atoms with Gasteiger partial charge in [0.2, 0.25) is 5.95 Å². The number of hydrogen-bond acceptors (Lipinski definition) is 6.